The van der Waals surface area contributed by atoms with Gasteiger partial charge in [0.1, 0.15) is 5.75 Å². The van der Waals surface area contributed by atoms with Gasteiger partial charge in [-0.2, -0.15) is 5.26 Å². The highest BCUT2D eigenvalue weighted by Gasteiger charge is 2.06. The van der Waals surface area contributed by atoms with E-state index < -0.39 is 0 Å². The molecule has 0 radical (unpaired) electrons. The van der Waals surface area contributed by atoms with Crippen molar-refractivity contribution >= 4 is 22.7 Å². The van der Waals surface area contributed by atoms with Gasteiger partial charge in [-0.25, -0.2) is 0 Å². The fourth-order valence-corrected chi connectivity index (χ4v) is 2.32. The Kier molecular flexibility index (Phi) is 3.70. The number of nitrogens with zero attached hydrogens (tertiary/aromatic N) is 1. The van der Waals surface area contributed by atoms with Gasteiger partial charge < -0.3 is 15.8 Å². The van der Waals surface area contributed by atoms with Crippen LogP contribution in [-0.2, 0) is 6.54 Å². The first-order valence-electron chi connectivity index (χ1n) is 5.38. The standard InChI is InChI=1S/C13H13N3OS/c1-17-12-6-9(7-14)2-3-11(12)16-8-13-10(15)4-5-18-13/h2-6,16H,8,15H2,1H3. The first kappa shape index (κ1) is 12.3. The zero-order chi connectivity index (χ0) is 13.0. The Bertz CT molecular complexity index is 586. The Hall–Kier alpha value is -2.19. The van der Waals surface area contributed by atoms with E-state index in [1.165, 1.54) is 0 Å². The van der Waals surface area contributed by atoms with Gasteiger partial charge in [0, 0.05) is 16.6 Å². The molecule has 1 aromatic carbocycles. The number of ether oxygens (including phenoxy) is 1. The van der Waals surface area contributed by atoms with E-state index in [0.29, 0.717) is 17.9 Å². The quantitative estimate of drug-likeness (QED) is 0.885. The first-order valence-corrected chi connectivity index (χ1v) is 6.26. The van der Waals surface area contributed by atoms with E-state index in [-0.39, 0.29) is 0 Å². The molecule has 0 spiro atoms. The van der Waals surface area contributed by atoms with E-state index in [4.69, 9.17) is 15.7 Å². The van der Waals surface area contributed by atoms with Crippen LogP contribution in [0.2, 0.25) is 0 Å². The monoisotopic (exact) mass is 259 g/mol. The molecule has 4 nitrogen and oxygen atoms in total. The highest BCUT2D eigenvalue weighted by atomic mass is 32.1. The average Bonchev–Trinajstić information content (AvgIpc) is 2.81. The van der Waals surface area contributed by atoms with Gasteiger partial charge in [-0.3, -0.25) is 0 Å². The number of thiophene rings is 1. The summed E-state index contributed by atoms with van der Waals surface area (Å²) in [5.74, 6) is 0.657. The summed E-state index contributed by atoms with van der Waals surface area (Å²) in [6, 6.07) is 9.26. The van der Waals surface area contributed by atoms with Crippen LogP contribution < -0.4 is 15.8 Å². The largest absolute Gasteiger partial charge is 0.495 e. The molecule has 5 heteroatoms. The Morgan fingerprint density at radius 1 is 1.44 bits per heavy atom. The molecule has 2 rings (SSSR count). The second-order valence-electron chi connectivity index (χ2n) is 3.68. The third-order valence-electron chi connectivity index (χ3n) is 2.55. The first-order chi connectivity index (χ1) is 8.74. The predicted molar refractivity (Wildman–Crippen MR) is 73.8 cm³/mol. The molecule has 18 heavy (non-hydrogen) atoms. The van der Waals surface area contributed by atoms with Crippen LogP contribution in [0.25, 0.3) is 0 Å². The molecule has 0 aliphatic rings. The maximum atomic E-state index is 8.82. The van der Waals surface area contributed by atoms with Gasteiger partial charge in [-0.05, 0) is 23.6 Å². The average molecular weight is 259 g/mol. The number of nitriles is 1. The summed E-state index contributed by atoms with van der Waals surface area (Å²) in [6.45, 7) is 0.645. The van der Waals surface area contributed by atoms with Crippen molar-refractivity contribution in [3.8, 4) is 11.8 Å². The number of methoxy groups -OCH3 is 1. The maximum Gasteiger partial charge on any atom is 0.143 e. The highest BCUT2D eigenvalue weighted by molar-refractivity contribution is 7.10. The van der Waals surface area contributed by atoms with E-state index in [9.17, 15) is 0 Å². The lowest BCUT2D eigenvalue weighted by Crippen LogP contribution is -2.02. The number of rotatable bonds is 4. The molecule has 0 unspecified atom stereocenters. The molecule has 0 fully saturated rings. The van der Waals surface area contributed by atoms with Crippen LogP contribution in [0.5, 0.6) is 5.75 Å². The van der Waals surface area contributed by atoms with Gasteiger partial charge in [-0.1, -0.05) is 0 Å². The smallest absolute Gasteiger partial charge is 0.143 e. The molecule has 0 atom stereocenters. The molecule has 92 valence electrons. The number of benzene rings is 1. The predicted octanol–water partition coefficient (Wildman–Crippen LogP) is 2.82. The molecule has 1 heterocycles. The summed E-state index contributed by atoms with van der Waals surface area (Å²) < 4.78 is 5.25. The molecule has 1 aromatic heterocycles. The van der Waals surface area contributed by atoms with Crippen molar-refractivity contribution in [2.24, 2.45) is 0 Å². The highest BCUT2D eigenvalue weighted by Crippen LogP contribution is 2.27. The minimum absolute atomic E-state index is 0.577. The summed E-state index contributed by atoms with van der Waals surface area (Å²) >= 11 is 1.61. The zero-order valence-corrected chi connectivity index (χ0v) is 10.8. The van der Waals surface area contributed by atoms with Gasteiger partial charge in [0.25, 0.3) is 0 Å². The van der Waals surface area contributed by atoms with Crippen molar-refractivity contribution in [2.75, 3.05) is 18.2 Å². The van der Waals surface area contributed by atoms with Gasteiger partial charge in [0.15, 0.2) is 0 Å². The lowest BCUT2D eigenvalue weighted by molar-refractivity contribution is 0.416. The van der Waals surface area contributed by atoms with Crippen LogP contribution in [0.1, 0.15) is 10.4 Å². The summed E-state index contributed by atoms with van der Waals surface area (Å²) in [5.41, 5.74) is 8.04. The molecule has 0 aliphatic carbocycles. The van der Waals surface area contributed by atoms with Crippen molar-refractivity contribution < 1.29 is 4.74 Å². The minimum atomic E-state index is 0.577. The Morgan fingerprint density at radius 2 is 2.28 bits per heavy atom. The minimum Gasteiger partial charge on any atom is -0.495 e. The second kappa shape index (κ2) is 5.43. The summed E-state index contributed by atoms with van der Waals surface area (Å²) in [4.78, 5) is 1.08. The van der Waals surface area contributed by atoms with Crippen LogP contribution >= 0.6 is 11.3 Å². The third-order valence-corrected chi connectivity index (χ3v) is 3.49. The lowest BCUT2D eigenvalue weighted by atomic mass is 10.2. The van der Waals surface area contributed by atoms with Crippen molar-refractivity contribution in [2.45, 2.75) is 6.54 Å². The van der Waals surface area contributed by atoms with Crippen LogP contribution in [0.4, 0.5) is 11.4 Å². The van der Waals surface area contributed by atoms with Crippen LogP contribution in [0, 0.1) is 11.3 Å². The van der Waals surface area contributed by atoms with Crippen molar-refractivity contribution in [1.82, 2.24) is 0 Å². The molecule has 0 amide bonds. The number of anilines is 2. The van der Waals surface area contributed by atoms with E-state index >= 15 is 0 Å². The van der Waals surface area contributed by atoms with E-state index in [1.807, 2.05) is 17.5 Å². The fourth-order valence-electron chi connectivity index (χ4n) is 1.58. The van der Waals surface area contributed by atoms with Gasteiger partial charge >= 0.3 is 0 Å². The summed E-state index contributed by atoms with van der Waals surface area (Å²) in [6.07, 6.45) is 0. The zero-order valence-electron chi connectivity index (χ0n) is 9.93. The summed E-state index contributed by atoms with van der Waals surface area (Å²) in [5, 5.41) is 14.0. The van der Waals surface area contributed by atoms with Crippen LogP contribution in [0.15, 0.2) is 29.6 Å². The molecule has 0 bridgehead atoms. The topological polar surface area (TPSA) is 71.1 Å². The van der Waals surface area contributed by atoms with E-state index in [0.717, 1.165) is 16.3 Å². The molecular weight excluding hydrogens is 246 g/mol. The van der Waals surface area contributed by atoms with Gasteiger partial charge in [-0.15, -0.1) is 11.3 Å². The second-order valence-corrected chi connectivity index (χ2v) is 4.68. The number of nitrogen functional groups attached to an aromatic ring is 1. The van der Waals surface area contributed by atoms with Crippen LogP contribution in [0.3, 0.4) is 0 Å². The van der Waals surface area contributed by atoms with Gasteiger partial charge in [0.2, 0.25) is 0 Å². The number of nitrogens with two attached hydrogens (primary N) is 1. The fraction of sp³-hybridized carbons (Fsp3) is 0.154. The number of hydrogen-bond acceptors (Lipinski definition) is 5. The number of hydrogen-bond donors (Lipinski definition) is 2. The molecule has 0 aliphatic heterocycles. The number of nitrogens with one attached hydrogen (secondary N) is 1. The molecule has 3 N–H and O–H groups in total. The Labute approximate surface area is 110 Å². The third kappa shape index (κ3) is 2.55. The molecular formula is C13H13N3OS. The molecule has 0 saturated heterocycles. The maximum absolute atomic E-state index is 8.82. The van der Waals surface area contributed by atoms with Crippen molar-refractivity contribution in [3.05, 3.63) is 40.1 Å². The Morgan fingerprint density at radius 3 is 2.89 bits per heavy atom. The van der Waals surface area contributed by atoms with Crippen LogP contribution in [-0.4, -0.2) is 7.11 Å². The van der Waals surface area contributed by atoms with E-state index in [2.05, 4.69) is 11.4 Å². The summed E-state index contributed by atoms with van der Waals surface area (Å²) in [7, 11) is 1.58. The SMILES string of the molecule is COc1cc(C#N)ccc1NCc1sccc1N. The van der Waals surface area contributed by atoms with Gasteiger partial charge in [0.05, 0.1) is 31.0 Å². The molecule has 0 saturated carbocycles. The van der Waals surface area contributed by atoms with Crippen molar-refractivity contribution in [1.29, 1.82) is 5.26 Å². The normalized spacial score (nSPS) is 9.78. The van der Waals surface area contributed by atoms with E-state index in [1.54, 1.807) is 30.6 Å². The molecule has 2 aromatic rings. The van der Waals surface area contributed by atoms with Crippen molar-refractivity contribution in [3.63, 3.8) is 0 Å². The Balaban J connectivity index is 2.15. The lowest BCUT2D eigenvalue weighted by Gasteiger charge is -2.11.